The van der Waals surface area contributed by atoms with Gasteiger partial charge in [0.05, 0.1) is 5.56 Å². The number of hydrogen-bond acceptors (Lipinski definition) is 2. The predicted molar refractivity (Wildman–Crippen MR) is 77.9 cm³/mol. The van der Waals surface area contributed by atoms with E-state index in [1.54, 1.807) is 6.07 Å². The topological polar surface area (TPSA) is 20.3 Å². The molecule has 0 fully saturated rings. The van der Waals surface area contributed by atoms with Gasteiger partial charge in [-0.3, -0.25) is 4.79 Å². The highest BCUT2D eigenvalue weighted by Gasteiger charge is 2.20. The van der Waals surface area contributed by atoms with Gasteiger partial charge in [-0.05, 0) is 54.4 Å². The van der Waals surface area contributed by atoms with E-state index < -0.39 is 0 Å². The van der Waals surface area contributed by atoms with Crippen molar-refractivity contribution in [3.8, 4) is 0 Å². The fourth-order valence-electron chi connectivity index (χ4n) is 1.67. The van der Waals surface area contributed by atoms with Gasteiger partial charge in [0, 0.05) is 22.0 Å². The quantitative estimate of drug-likeness (QED) is 0.833. The zero-order valence-electron chi connectivity index (χ0n) is 10.4. The maximum Gasteiger partial charge on any atom is 0.255 e. The third-order valence-corrected chi connectivity index (χ3v) is 3.50. The Hall–Kier alpha value is -0.480. The second-order valence-corrected chi connectivity index (χ2v) is 5.63. The molecule has 0 heterocycles. The Morgan fingerprint density at radius 1 is 1.47 bits per heavy atom. The summed E-state index contributed by atoms with van der Waals surface area (Å²) in [7, 11) is 0. The number of halogens is 1. The van der Waals surface area contributed by atoms with Crippen LogP contribution in [0.2, 0.25) is 0 Å². The Kier molecular flexibility index (Phi) is 5.53. The number of thiol groups is 1. The van der Waals surface area contributed by atoms with E-state index in [2.05, 4.69) is 35.5 Å². The van der Waals surface area contributed by atoms with Crippen LogP contribution in [0.25, 0.3) is 0 Å². The molecule has 0 bridgehead atoms. The molecule has 0 aliphatic carbocycles. The van der Waals surface area contributed by atoms with Gasteiger partial charge < -0.3 is 4.90 Å². The molecule has 0 aliphatic heterocycles. The average molecular weight is 316 g/mol. The van der Waals surface area contributed by atoms with Gasteiger partial charge in [0.2, 0.25) is 0 Å². The van der Waals surface area contributed by atoms with Crippen molar-refractivity contribution in [3.05, 3.63) is 28.2 Å². The molecule has 0 spiro atoms. The number of rotatable bonds is 4. The molecule has 0 N–H and O–H groups in total. The van der Waals surface area contributed by atoms with Crippen LogP contribution in [0, 0.1) is 0 Å². The van der Waals surface area contributed by atoms with Crippen molar-refractivity contribution in [1.82, 2.24) is 4.90 Å². The molecule has 0 aliphatic rings. The van der Waals surface area contributed by atoms with Crippen molar-refractivity contribution >= 4 is 34.5 Å². The third-order valence-electron chi connectivity index (χ3n) is 2.53. The van der Waals surface area contributed by atoms with Gasteiger partial charge in [-0.15, -0.1) is 12.6 Å². The Bertz CT molecular complexity index is 406. The first-order valence-corrected chi connectivity index (χ1v) is 7.00. The predicted octanol–water partition coefficient (Wildman–Crippen LogP) is 4.00. The molecular weight excluding hydrogens is 298 g/mol. The zero-order valence-corrected chi connectivity index (χ0v) is 12.9. The van der Waals surface area contributed by atoms with E-state index in [4.69, 9.17) is 0 Å². The van der Waals surface area contributed by atoms with Gasteiger partial charge in [0.1, 0.15) is 0 Å². The van der Waals surface area contributed by atoms with Gasteiger partial charge in [-0.1, -0.05) is 6.92 Å². The van der Waals surface area contributed by atoms with Gasteiger partial charge in [-0.2, -0.15) is 0 Å². The van der Waals surface area contributed by atoms with Crippen LogP contribution in [0.5, 0.6) is 0 Å². The molecule has 0 atom stereocenters. The molecule has 2 nitrogen and oxygen atoms in total. The van der Waals surface area contributed by atoms with E-state index in [-0.39, 0.29) is 11.9 Å². The largest absolute Gasteiger partial charge is 0.336 e. The van der Waals surface area contributed by atoms with Crippen molar-refractivity contribution in [2.24, 2.45) is 0 Å². The minimum absolute atomic E-state index is 0.0598. The lowest BCUT2D eigenvalue weighted by Crippen LogP contribution is -2.37. The summed E-state index contributed by atoms with van der Waals surface area (Å²) in [5, 5.41) is 0. The fourth-order valence-corrected chi connectivity index (χ4v) is 2.29. The van der Waals surface area contributed by atoms with Crippen molar-refractivity contribution in [2.45, 2.75) is 38.1 Å². The van der Waals surface area contributed by atoms with E-state index in [9.17, 15) is 4.79 Å². The summed E-state index contributed by atoms with van der Waals surface area (Å²) in [6.45, 7) is 6.92. The summed E-state index contributed by atoms with van der Waals surface area (Å²) in [6.07, 6.45) is 0.960. The molecule has 94 valence electrons. The van der Waals surface area contributed by atoms with Crippen LogP contribution in [0.4, 0.5) is 0 Å². The number of hydrogen-bond donors (Lipinski definition) is 1. The molecule has 4 heteroatoms. The Morgan fingerprint density at radius 3 is 2.65 bits per heavy atom. The number of benzene rings is 1. The Labute approximate surface area is 117 Å². The minimum Gasteiger partial charge on any atom is -0.336 e. The van der Waals surface area contributed by atoms with Crippen LogP contribution in [0.1, 0.15) is 37.6 Å². The first kappa shape index (κ1) is 14.6. The van der Waals surface area contributed by atoms with E-state index in [1.165, 1.54) is 0 Å². The first-order chi connectivity index (χ1) is 7.97. The summed E-state index contributed by atoms with van der Waals surface area (Å²) in [5.74, 6) is 0.0598. The number of carbonyl (C=O) groups excluding carboxylic acids is 1. The summed E-state index contributed by atoms with van der Waals surface area (Å²) in [5.41, 5.74) is 0.680. The standard InChI is InChI=1S/C13H18BrNOS/c1-4-7-15(9(2)3)13(16)11-8-10(17)5-6-12(11)14/h5-6,8-9,17H,4,7H2,1-3H3. The fraction of sp³-hybridized carbons (Fsp3) is 0.462. The van der Waals surface area contributed by atoms with E-state index in [0.717, 1.165) is 22.3 Å². The van der Waals surface area contributed by atoms with Gasteiger partial charge in [-0.25, -0.2) is 0 Å². The van der Waals surface area contributed by atoms with Crippen LogP contribution < -0.4 is 0 Å². The van der Waals surface area contributed by atoms with Crippen LogP contribution in [-0.4, -0.2) is 23.4 Å². The molecule has 0 unspecified atom stereocenters. The SMILES string of the molecule is CCCN(C(=O)c1cc(S)ccc1Br)C(C)C. The number of amides is 1. The summed E-state index contributed by atoms with van der Waals surface area (Å²) < 4.78 is 0.821. The second-order valence-electron chi connectivity index (χ2n) is 4.26. The van der Waals surface area contributed by atoms with Crippen LogP contribution in [0.15, 0.2) is 27.6 Å². The Balaban J connectivity index is 3.04. The van der Waals surface area contributed by atoms with Gasteiger partial charge in [0.15, 0.2) is 0 Å². The summed E-state index contributed by atoms with van der Waals surface area (Å²) >= 11 is 7.69. The molecule has 1 aromatic carbocycles. The van der Waals surface area contributed by atoms with Crippen molar-refractivity contribution in [1.29, 1.82) is 0 Å². The minimum atomic E-state index is 0.0598. The molecule has 1 amide bonds. The highest BCUT2D eigenvalue weighted by molar-refractivity contribution is 9.10. The van der Waals surface area contributed by atoms with E-state index >= 15 is 0 Å². The lowest BCUT2D eigenvalue weighted by atomic mass is 10.1. The van der Waals surface area contributed by atoms with Crippen LogP contribution in [-0.2, 0) is 0 Å². The molecular formula is C13H18BrNOS. The lowest BCUT2D eigenvalue weighted by molar-refractivity contribution is 0.0704. The Morgan fingerprint density at radius 2 is 2.12 bits per heavy atom. The third kappa shape index (κ3) is 3.75. The second kappa shape index (κ2) is 6.45. The average Bonchev–Trinajstić information content (AvgIpc) is 2.28. The molecule has 0 aromatic heterocycles. The molecule has 17 heavy (non-hydrogen) atoms. The zero-order chi connectivity index (χ0) is 13.0. The van der Waals surface area contributed by atoms with Crippen molar-refractivity contribution in [3.63, 3.8) is 0 Å². The first-order valence-electron chi connectivity index (χ1n) is 5.76. The van der Waals surface area contributed by atoms with Crippen molar-refractivity contribution < 1.29 is 4.79 Å². The van der Waals surface area contributed by atoms with Gasteiger partial charge in [0.25, 0.3) is 5.91 Å². The molecule has 0 saturated carbocycles. The molecule has 1 rings (SSSR count). The molecule has 0 saturated heterocycles. The van der Waals surface area contributed by atoms with E-state index in [0.29, 0.717) is 5.56 Å². The van der Waals surface area contributed by atoms with E-state index in [1.807, 2.05) is 30.9 Å². The van der Waals surface area contributed by atoms with Crippen LogP contribution in [0.3, 0.4) is 0 Å². The molecule has 0 radical (unpaired) electrons. The maximum absolute atomic E-state index is 12.4. The monoisotopic (exact) mass is 315 g/mol. The highest BCUT2D eigenvalue weighted by Crippen LogP contribution is 2.22. The summed E-state index contributed by atoms with van der Waals surface area (Å²) in [4.78, 5) is 15.1. The lowest BCUT2D eigenvalue weighted by Gasteiger charge is -2.26. The number of carbonyl (C=O) groups is 1. The summed E-state index contributed by atoms with van der Waals surface area (Å²) in [6, 6.07) is 5.74. The van der Waals surface area contributed by atoms with Gasteiger partial charge >= 0.3 is 0 Å². The maximum atomic E-state index is 12.4. The van der Waals surface area contributed by atoms with Crippen molar-refractivity contribution in [2.75, 3.05) is 6.54 Å². The smallest absolute Gasteiger partial charge is 0.255 e. The normalized spacial score (nSPS) is 10.7. The highest BCUT2D eigenvalue weighted by atomic mass is 79.9. The number of nitrogens with zero attached hydrogens (tertiary/aromatic N) is 1. The van der Waals surface area contributed by atoms with Crippen LogP contribution >= 0.6 is 28.6 Å². The molecule has 1 aromatic rings.